The molecule has 4 heteroatoms. The zero-order valence-electron chi connectivity index (χ0n) is 12.4. The predicted octanol–water partition coefficient (Wildman–Crippen LogP) is 4.04. The lowest BCUT2D eigenvalue weighted by atomic mass is 10.1. The lowest BCUT2D eigenvalue weighted by molar-refractivity contribution is 0.202. The van der Waals surface area contributed by atoms with Crippen LogP contribution < -0.4 is 10.1 Å². The van der Waals surface area contributed by atoms with Gasteiger partial charge in [-0.25, -0.2) is 0 Å². The molecule has 0 atom stereocenters. The number of hydrogen-bond donors (Lipinski definition) is 1. The molecule has 0 saturated heterocycles. The summed E-state index contributed by atoms with van der Waals surface area (Å²) < 4.78 is 10.9. The zero-order valence-corrected chi connectivity index (χ0v) is 13.1. The molecule has 0 aliphatic heterocycles. The van der Waals surface area contributed by atoms with Crippen LogP contribution in [-0.2, 0) is 17.7 Å². The van der Waals surface area contributed by atoms with Crippen LogP contribution in [0.4, 0.5) is 0 Å². The van der Waals surface area contributed by atoms with Crippen LogP contribution in [0.2, 0.25) is 5.02 Å². The minimum Gasteiger partial charge on any atom is -0.456 e. The first-order valence-corrected chi connectivity index (χ1v) is 7.29. The van der Waals surface area contributed by atoms with E-state index < -0.39 is 0 Å². The maximum absolute atomic E-state index is 6.25. The van der Waals surface area contributed by atoms with Crippen LogP contribution in [0.5, 0.6) is 11.5 Å². The van der Waals surface area contributed by atoms with Gasteiger partial charge in [0.25, 0.3) is 0 Å². The van der Waals surface area contributed by atoms with E-state index in [0.29, 0.717) is 10.8 Å². The van der Waals surface area contributed by atoms with Gasteiger partial charge in [0.1, 0.15) is 11.5 Å². The molecule has 0 unspecified atom stereocenters. The zero-order chi connectivity index (χ0) is 15.1. The summed E-state index contributed by atoms with van der Waals surface area (Å²) in [4.78, 5) is 0. The van der Waals surface area contributed by atoms with Crippen molar-refractivity contribution in [3.05, 3.63) is 58.6 Å². The highest BCUT2D eigenvalue weighted by molar-refractivity contribution is 6.32. The van der Waals surface area contributed by atoms with Crippen LogP contribution in [-0.4, -0.2) is 20.8 Å². The molecule has 2 rings (SSSR count). The summed E-state index contributed by atoms with van der Waals surface area (Å²) in [6, 6.07) is 13.8. The minimum atomic E-state index is 0.617. The van der Waals surface area contributed by atoms with E-state index in [4.69, 9.17) is 21.1 Å². The molecule has 0 radical (unpaired) electrons. The van der Waals surface area contributed by atoms with Gasteiger partial charge >= 0.3 is 0 Å². The van der Waals surface area contributed by atoms with Crippen molar-refractivity contribution in [1.29, 1.82) is 0 Å². The van der Waals surface area contributed by atoms with Gasteiger partial charge in [-0.15, -0.1) is 0 Å². The standard InChI is InChI=1S/C17H20ClNO2/c1-19-12-14-5-8-17(16(18)11-14)21-15-6-3-13(4-7-15)9-10-20-2/h3-8,11,19H,9-10,12H2,1-2H3. The molecule has 0 aromatic heterocycles. The first kappa shape index (κ1) is 15.8. The Bertz CT molecular complexity index is 570. The number of halogens is 1. The van der Waals surface area contributed by atoms with Crippen molar-refractivity contribution in [3.8, 4) is 11.5 Å². The Hall–Kier alpha value is -1.55. The second-order valence-corrected chi connectivity index (χ2v) is 5.19. The summed E-state index contributed by atoms with van der Waals surface area (Å²) in [5, 5.41) is 3.71. The first-order valence-electron chi connectivity index (χ1n) is 6.91. The fourth-order valence-corrected chi connectivity index (χ4v) is 2.25. The minimum absolute atomic E-state index is 0.617. The Kier molecular flexibility index (Phi) is 6.05. The topological polar surface area (TPSA) is 30.5 Å². The molecular formula is C17H20ClNO2. The van der Waals surface area contributed by atoms with E-state index >= 15 is 0 Å². The molecule has 2 aromatic rings. The van der Waals surface area contributed by atoms with Crippen molar-refractivity contribution in [2.75, 3.05) is 20.8 Å². The molecule has 0 amide bonds. The molecule has 0 aliphatic rings. The Labute approximate surface area is 130 Å². The van der Waals surface area contributed by atoms with Gasteiger partial charge in [0.2, 0.25) is 0 Å². The Morgan fingerprint density at radius 3 is 2.38 bits per heavy atom. The van der Waals surface area contributed by atoms with Gasteiger partial charge < -0.3 is 14.8 Å². The van der Waals surface area contributed by atoms with Crippen molar-refractivity contribution >= 4 is 11.6 Å². The van der Waals surface area contributed by atoms with Crippen molar-refractivity contribution in [2.24, 2.45) is 0 Å². The number of nitrogens with one attached hydrogen (secondary N) is 1. The van der Waals surface area contributed by atoms with Gasteiger partial charge in [-0.2, -0.15) is 0 Å². The molecule has 21 heavy (non-hydrogen) atoms. The normalized spacial score (nSPS) is 10.6. The lowest BCUT2D eigenvalue weighted by Gasteiger charge is -2.10. The number of methoxy groups -OCH3 is 1. The SMILES string of the molecule is CNCc1ccc(Oc2ccc(CCOC)cc2)c(Cl)c1. The molecule has 112 valence electrons. The van der Waals surface area contributed by atoms with E-state index in [1.807, 2.05) is 49.5 Å². The highest BCUT2D eigenvalue weighted by atomic mass is 35.5. The summed E-state index contributed by atoms with van der Waals surface area (Å²) in [5.41, 5.74) is 2.35. The number of hydrogen-bond acceptors (Lipinski definition) is 3. The van der Waals surface area contributed by atoms with Gasteiger partial charge in [0, 0.05) is 13.7 Å². The summed E-state index contributed by atoms with van der Waals surface area (Å²) in [6.45, 7) is 1.51. The molecule has 0 saturated carbocycles. The van der Waals surface area contributed by atoms with E-state index in [0.717, 1.165) is 30.9 Å². The number of benzene rings is 2. The molecule has 3 nitrogen and oxygen atoms in total. The van der Waals surface area contributed by atoms with Crippen LogP contribution in [0.1, 0.15) is 11.1 Å². The third-order valence-electron chi connectivity index (χ3n) is 3.12. The third-order valence-corrected chi connectivity index (χ3v) is 3.42. The summed E-state index contributed by atoms with van der Waals surface area (Å²) in [5.74, 6) is 1.44. The fourth-order valence-electron chi connectivity index (χ4n) is 2.01. The quantitative estimate of drug-likeness (QED) is 0.837. The lowest BCUT2D eigenvalue weighted by Crippen LogP contribution is -2.04. The van der Waals surface area contributed by atoms with Crippen LogP contribution >= 0.6 is 11.6 Å². The first-order chi connectivity index (χ1) is 10.2. The van der Waals surface area contributed by atoms with Gasteiger partial charge in [-0.3, -0.25) is 0 Å². The average Bonchev–Trinajstić information content (AvgIpc) is 2.49. The van der Waals surface area contributed by atoms with E-state index in [1.165, 1.54) is 5.56 Å². The molecule has 0 fully saturated rings. The van der Waals surface area contributed by atoms with E-state index in [1.54, 1.807) is 7.11 Å². The van der Waals surface area contributed by atoms with Crippen LogP contribution in [0.25, 0.3) is 0 Å². The monoisotopic (exact) mass is 305 g/mol. The Morgan fingerprint density at radius 1 is 1.05 bits per heavy atom. The van der Waals surface area contributed by atoms with Crippen LogP contribution in [0.15, 0.2) is 42.5 Å². The van der Waals surface area contributed by atoms with Gasteiger partial charge in [-0.1, -0.05) is 29.8 Å². The Morgan fingerprint density at radius 2 is 1.76 bits per heavy atom. The number of rotatable bonds is 7. The summed E-state index contributed by atoms with van der Waals surface area (Å²) >= 11 is 6.25. The molecular weight excluding hydrogens is 286 g/mol. The molecule has 0 aliphatic carbocycles. The van der Waals surface area contributed by atoms with Gasteiger partial charge in [0.15, 0.2) is 0 Å². The van der Waals surface area contributed by atoms with Crippen molar-refractivity contribution in [3.63, 3.8) is 0 Å². The molecule has 0 bridgehead atoms. The van der Waals surface area contributed by atoms with E-state index in [9.17, 15) is 0 Å². The summed E-state index contributed by atoms with van der Waals surface area (Å²) in [7, 11) is 3.61. The maximum Gasteiger partial charge on any atom is 0.146 e. The average molecular weight is 306 g/mol. The maximum atomic E-state index is 6.25. The van der Waals surface area contributed by atoms with Gasteiger partial charge in [0.05, 0.1) is 11.6 Å². The van der Waals surface area contributed by atoms with E-state index in [2.05, 4.69) is 5.32 Å². The number of ether oxygens (including phenoxy) is 2. The highest BCUT2D eigenvalue weighted by Gasteiger charge is 2.05. The smallest absolute Gasteiger partial charge is 0.146 e. The van der Waals surface area contributed by atoms with Crippen LogP contribution in [0, 0.1) is 0 Å². The molecule has 0 spiro atoms. The van der Waals surface area contributed by atoms with Crippen LogP contribution in [0.3, 0.4) is 0 Å². The third kappa shape index (κ3) is 4.74. The van der Waals surface area contributed by atoms with Crippen molar-refractivity contribution in [2.45, 2.75) is 13.0 Å². The predicted molar refractivity (Wildman–Crippen MR) is 86.3 cm³/mol. The van der Waals surface area contributed by atoms with Crippen molar-refractivity contribution < 1.29 is 9.47 Å². The largest absolute Gasteiger partial charge is 0.456 e. The Balaban J connectivity index is 2.04. The van der Waals surface area contributed by atoms with E-state index in [-0.39, 0.29) is 0 Å². The second-order valence-electron chi connectivity index (χ2n) is 4.78. The molecule has 1 N–H and O–H groups in total. The fraction of sp³-hybridized carbons (Fsp3) is 0.294. The molecule has 0 heterocycles. The second kappa shape index (κ2) is 8.03. The van der Waals surface area contributed by atoms with Crippen molar-refractivity contribution in [1.82, 2.24) is 5.32 Å². The highest BCUT2D eigenvalue weighted by Crippen LogP contribution is 2.30. The molecule has 2 aromatic carbocycles. The summed E-state index contributed by atoms with van der Waals surface area (Å²) in [6.07, 6.45) is 0.899. The van der Waals surface area contributed by atoms with Gasteiger partial charge in [-0.05, 0) is 48.9 Å².